The van der Waals surface area contributed by atoms with Crippen molar-refractivity contribution in [3.63, 3.8) is 0 Å². The van der Waals surface area contributed by atoms with Crippen molar-refractivity contribution in [2.45, 2.75) is 6.92 Å². The van der Waals surface area contributed by atoms with E-state index in [1.54, 1.807) is 25.6 Å². The number of thiophene rings is 1. The third-order valence-corrected chi connectivity index (χ3v) is 4.82. The monoisotopic (exact) mass is 310 g/mol. The van der Waals surface area contributed by atoms with Crippen LogP contribution in [0.4, 0.5) is 0 Å². The number of hydrogen-bond donors (Lipinski definition) is 0. The lowest BCUT2D eigenvalue weighted by Crippen LogP contribution is -1.86. The number of hydrogen-bond acceptors (Lipinski definition) is 3. The van der Waals surface area contributed by atoms with Crippen LogP contribution in [0.3, 0.4) is 0 Å². The lowest BCUT2D eigenvalue weighted by molar-refractivity contribution is 0.412. The second-order valence-corrected chi connectivity index (χ2v) is 6.16. The van der Waals surface area contributed by atoms with Crippen LogP contribution in [-0.4, -0.2) is 14.2 Å². The number of aryl methyl sites for hydroxylation is 1. The van der Waals surface area contributed by atoms with Gasteiger partial charge in [0.2, 0.25) is 0 Å². The smallest absolute Gasteiger partial charge is 0.121 e. The minimum absolute atomic E-state index is 0.882. The van der Waals surface area contributed by atoms with Gasteiger partial charge in [0, 0.05) is 9.75 Å². The van der Waals surface area contributed by atoms with Crippen LogP contribution < -0.4 is 9.47 Å². The maximum atomic E-state index is 5.33. The zero-order chi connectivity index (χ0) is 15.5. The van der Waals surface area contributed by atoms with Crippen LogP contribution in [0, 0.1) is 6.92 Å². The average molecular weight is 310 g/mol. The summed E-state index contributed by atoms with van der Waals surface area (Å²) in [5, 5.41) is 0. The summed E-state index contributed by atoms with van der Waals surface area (Å²) in [6, 6.07) is 18.8. The molecule has 0 unspecified atom stereocenters. The Labute approximate surface area is 135 Å². The highest BCUT2D eigenvalue weighted by atomic mass is 32.1. The molecule has 22 heavy (non-hydrogen) atoms. The molecule has 0 aliphatic heterocycles. The minimum atomic E-state index is 0.882. The molecule has 2 aromatic carbocycles. The van der Waals surface area contributed by atoms with Crippen molar-refractivity contribution >= 4 is 11.3 Å². The molecule has 0 aliphatic carbocycles. The van der Waals surface area contributed by atoms with E-state index in [9.17, 15) is 0 Å². The minimum Gasteiger partial charge on any atom is -0.497 e. The molecule has 0 radical (unpaired) electrons. The molecule has 0 amide bonds. The summed E-state index contributed by atoms with van der Waals surface area (Å²) in [5.41, 5.74) is 3.55. The molecule has 0 aliphatic rings. The first kappa shape index (κ1) is 14.7. The number of rotatable bonds is 4. The first-order valence-corrected chi connectivity index (χ1v) is 7.92. The van der Waals surface area contributed by atoms with E-state index in [1.165, 1.54) is 20.9 Å². The molecule has 0 N–H and O–H groups in total. The molecule has 3 rings (SSSR count). The largest absolute Gasteiger partial charge is 0.497 e. The van der Waals surface area contributed by atoms with Crippen molar-refractivity contribution in [2.24, 2.45) is 0 Å². The van der Waals surface area contributed by atoms with Gasteiger partial charge in [-0.25, -0.2) is 0 Å². The molecule has 3 aromatic rings. The Morgan fingerprint density at radius 1 is 0.773 bits per heavy atom. The Kier molecular flexibility index (Phi) is 4.16. The van der Waals surface area contributed by atoms with Gasteiger partial charge < -0.3 is 9.47 Å². The van der Waals surface area contributed by atoms with E-state index >= 15 is 0 Å². The number of benzene rings is 2. The van der Waals surface area contributed by atoms with Gasteiger partial charge in [-0.2, -0.15) is 0 Å². The molecular formula is C19H18O2S. The summed E-state index contributed by atoms with van der Waals surface area (Å²) in [4.78, 5) is 2.49. The molecule has 2 nitrogen and oxygen atoms in total. The van der Waals surface area contributed by atoms with Gasteiger partial charge in [-0.15, -0.1) is 11.3 Å². The van der Waals surface area contributed by atoms with Crippen LogP contribution in [0.1, 0.15) is 5.56 Å². The molecular weight excluding hydrogens is 292 g/mol. The standard InChI is InChI=1S/C19H18O2S/c1-13-11-15(7-8-17(13)21-3)19-10-9-18(22-19)14-5-4-6-16(12-14)20-2/h4-12H,1-3H3. The summed E-state index contributed by atoms with van der Waals surface area (Å²) >= 11 is 1.78. The Balaban J connectivity index is 1.94. The fourth-order valence-corrected chi connectivity index (χ4v) is 3.45. The van der Waals surface area contributed by atoms with Crippen LogP contribution in [0.15, 0.2) is 54.6 Å². The molecule has 3 heteroatoms. The molecule has 1 aromatic heterocycles. The van der Waals surface area contributed by atoms with Crippen LogP contribution in [-0.2, 0) is 0 Å². The lowest BCUT2D eigenvalue weighted by Gasteiger charge is -2.06. The summed E-state index contributed by atoms with van der Waals surface area (Å²) in [7, 11) is 3.40. The Morgan fingerprint density at radius 2 is 1.50 bits per heavy atom. The molecule has 0 saturated heterocycles. The molecule has 0 fully saturated rings. The fourth-order valence-electron chi connectivity index (χ4n) is 2.46. The molecule has 1 heterocycles. The van der Waals surface area contributed by atoms with Crippen molar-refractivity contribution < 1.29 is 9.47 Å². The van der Waals surface area contributed by atoms with Gasteiger partial charge in [-0.1, -0.05) is 12.1 Å². The maximum Gasteiger partial charge on any atom is 0.121 e. The van der Waals surface area contributed by atoms with E-state index in [0.29, 0.717) is 0 Å². The maximum absolute atomic E-state index is 5.33. The first-order valence-electron chi connectivity index (χ1n) is 7.10. The van der Waals surface area contributed by atoms with Crippen molar-refractivity contribution in [3.8, 4) is 32.4 Å². The van der Waals surface area contributed by atoms with Crippen molar-refractivity contribution in [1.82, 2.24) is 0 Å². The highest BCUT2D eigenvalue weighted by Gasteiger charge is 2.07. The summed E-state index contributed by atoms with van der Waals surface area (Å²) in [6.07, 6.45) is 0. The highest BCUT2D eigenvalue weighted by Crippen LogP contribution is 2.36. The third-order valence-electron chi connectivity index (χ3n) is 3.64. The van der Waals surface area contributed by atoms with Crippen molar-refractivity contribution in [2.75, 3.05) is 14.2 Å². The number of ether oxygens (including phenoxy) is 2. The van der Waals surface area contributed by atoms with Crippen LogP contribution in [0.25, 0.3) is 20.9 Å². The van der Waals surface area contributed by atoms with Crippen molar-refractivity contribution in [1.29, 1.82) is 0 Å². The van der Waals surface area contributed by atoms with Crippen LogP contribution in [0.2, 0.25) is 0 Å². The quantitative estimate of drug-likeness (QED) is 0.641. The third kappa shape index (κ3) is 2.85. The first-order chi connectivity index (χ1) is 10.7. The van der Waals surface area contributed by atoms with Gasteiger partial charge in [-0.3, -0.25) is 0 Å². The summed E-state index contributed by atoms with van der Waals surface area (Å²) in [6.45, 7) is 2.07. The highest BCUT2D eigenvalue weighted by molar-refractivity contribution is 7.18. The zero-order valence-electron chi connectivity index (χ0n) is 12.9. The van der Waals surface area contributed by atoms with Gasteiger partial charge in [0.15, 0.2) is 0 Å². The van der Waals surface area contributed by atoms with Crippen molar-refractivity contribution in [3.05, 3.63) is 60.2 Å². The molecule has 0 bridgehead atoms. The Hall–Kier alpha value is -2.26. The normalized spacial score (nSPS) is 10.5. The van der Waals surface area contributed by atoms with E-state index in [4.69, 9.17) is 9.47 Å². The topological polar surface area (TPSA) is 18.5 Å². The average Bonchev–Trinajstić information content (AvgIpc) is 3.05. The van der Waals surface area contributed by atoms with Gasteiger partial charge >= 0.3 is 0 Å². The Bertz CT molecular complexity index is 790. The van der Waals surface area contributed by atoms with E-state index < -0.39 is 0 Å². The van der Waals surface area contributed by atoms with Crippen LogP contribution >= 0.6 is 11.3 Å². The van der Waals surface area contributed by atoms with E-state index in [2.05, 4.69) is 43.3 Å². The summed E-state index contributed by atoms with van der Waals surface area (Å²) < 4.78 is 10.6. The Morgan fingerprint density at radius 3 is 2.14 bits per heavy atom. The van der Waals surface area contributed by atoms with Crippen LogP contribution in [0.5, 0.6) is 11.5 Å². The van der Waals surface area contributed by atoms with Gasteiger partial charge in [-0.05, 0) is 66.1 Å². The summed E-state index contributed by atoms with van der Waals surface area (Å²) in [5.74, 6) is 1.81. The predicted octanol–water partition coefficient (Wildman–Crippen LogP) is 5.41. The zero-order valence-corrected chi connectivity index (χ0v) is 13.7. The molecule has 0 spiro atoms. The lowest BCUT2D eigenvalue weighted by atomic mass is 10.1. The number of methoxy groups -OCH3 is 2. The van der Waals surface area contributed by atoms with Gasteiger partial charge in [0.1, 0.15) is 11.5 Å². The van der Waals surface area contributed by atoms with E-state index in [-0.39, 0.29) is 0 Å². The van der Waals surface area contributed by atoms with E-state index in [1.807, 2.05) is 18.2 Å². The molecule has 0 saturated carbocycles. The van der Waals surface area contributed by atoms with Gasteiger partial charge in [0.25, 0.3) is 0 Å². The predicted molar refractivity (Wildman–Crippen MR) is 93.0 cm³/mol. The van der Waals surface area contributed by atoms with E-state index in [0.717, 1.165) is 17.1 Å². The fraction of sp³-hybridized carbons (Fsp3) is 0.158. The molecule has 0 atom stereocenters. The SMILES string of the molecule is COc1cccc(-c2ccc(-c3ccc(OC)c(C)c3)s2)c1. The van der Waals surface area contributed by atoms with Gasteiger partial charge in [0.05, 0.1) is 14.2 Å². The second kappa shape index (κ2) is 6.24. The second-order valence-electron chi connectivity index (χ2n) is 5.08. The molecule has 112 valence electrons.